The Morgan fingerprint density at radius 1 is 0.900 bits per heavy atom. The van der Waals surface area contributed by atoms with Gasteiger partial charge < -0.3 is 9.64 Å². The summed E-state index contributed by atoms with van der Waals surface area (Å²) in [6, 6.07) is 34.1. The minimum atomic E-state index is 0.0501. The lowest BCUT2D eigenvalue weighted by Crippen LogP contribution is -2.10. The van der Waals surface area contributed by atoms with Crippen LogP contribution < -0.4 is 4.90 Å². The fourth-order valence-corrected chi connectivity index (χ4v) is 4.88. The van der Waals surface area contributed by atoms with Gasteiger partial charge in [-0.15, -0.1) is 0 Å². The Balaban J connectivity index is 1.49. The number of hydrogen-bond donors (Lipinski definition) is 0. The molecule has 0 atom stereocenters. The number of hydrogen-bond acceptors (Lipinski definition) is 3. The lowest BCUT2D eigenvalue weighted by atomic mass is 10.0. The molecule has 0 saturated carbocycles. The summed E-state index contributed by atoms with van der Waals surface area (Å²) in [7, 11) is 0. The molecule has 4 aromatic carbocycles. The molecular formula is C36H29N3O. The summed E-state index contributed by atoms with van der Waals surface area (Å²) in [5.41, 5.74) is 6.25. The Morgan fingerprint density at radius 3 is 2.30 bits per heavy atom. The number of aryl methyl sites for hydroxylation is 1. The van der Waals surface area contributed by atoms with E-state index in [4.69, 9.17) is 11.3 Å². The van der Waals surface area contributed by atoms with Gasteiger partial charge in [-0.2, -0.15) is 0 Å². The number of anilines is 3. The number of benzene rings is 4. The van der Waals surface area contributed by atoms with Crippen LogP contribution in [0.25, 0.3) is 21.7 Å². The van der Waals surface area contributed by atoms with E-state index in [0.717, 1.165) is 35.5 Å². The van der Waals surface area contributed by atoms with E-state index >= 15 is 0 Å². The molecule has 40 heavy (non-hydrogen) atoms. The molecule has 1 aliphatic heterocycles. The van der Waals surface area contributed by atoms with Crippen LogP contribution in [-0.4, -0.2) is 0 Å². The van der Waals surface area contributed by atoms with Crippen molar-refractivity contribution in [3.8, 4) is 6.07 Å². The molecule has 0 aliphatic carbocycles. The zero-order valence-electron chi connectivity index (χ0n) is 22.6. The van der Waals surface area contributed by atoms with Crippen molar-refractivity contribution in [1.82, 2.24) is 0 Å². The lowest BCUT2D eigenvalue weighted by Gasteiger charge is -2.27. The zero-order chi connectivity index (χ0) is 27.9. The maximum atomic E-state index is 9.25. The fourth-order valence-electron chi connectivity index (χ4n) is 4.88. The topological polar surface area (TPSA) is 40.6 Å². The van der Waals surface area contributed by atoms with Crippen LogP contribution in [0.4, 0.5) is 17.1 Å². The van der Waals surface area contributed by atoms with Crippen molar-refractivity contribution >= 4 is 33.9 Å². The molecule has 194 valence electrons. The third kappa shape index (κ3) is 5.73. The molecule has 5 rings (SSSR count). The van der Waals surface area contributed by atoms with Gasteiger partial charge in [0, 0.05) is 16.8 Å². The lowest BCUT2D eigenvalue weighted by molar-refractivity contribution is 0.318. The maximum absolute atomic E-state index is 9.25. The third-order valence-corrected chi connectivity index (χ3v) is 6.76. The second-order valence-electron chi connectivity index (χ2n) is 9.61. The Bertz CT molecular complexity index is 1720. The summed E-state index contributed by atoms with van der Waals surface area (Å²) in [6.45, 7) is 11.3. The number of fused-ring (bicyclic) bond motifs is 1. The van der Waals surface area contributed by atoms with Gasteiger partial charge in [0.1, 0.15) is 11.5 Å². The van der Waals surface area contributed by atoms with Gasteiger partial charge in [0.15, 0.2) is 0 Å². The Kier molecular flexibility index (Phi) is 7.91. The van der Waals surface area contributed by atoms with E-state index in [1.54, 1.807) is 12.2 Å². The molecule has 0 radical (unpaired) electrons. The van der Waals surface area contributed by atoms with Crippen LogP contribution in [0.5, 0.6) is 0 Å². The smallest absolute Gasteiger partial charge is 0.269 e. The van der Waals surface area contributed by atoms with Gasteiger partial charge in [-0.05, 0) is 84.0 Å². The summed E-state index contributed by atoms with van der Waals surface area (Å²) in [5, 5.41) is 11.6. The van der Waals surface area contributed by atoms with Gasteiger partial charge in [0.2, 0.25) is 0 Å². The van der Waals surface area contributed by atoms with Crippen molar-refractivity contribution in [1.29, 1.82) is 5.26 Å². The summed E-state index contributed by atoms with van der Waals surface area (Å²) in [6.07, 6.45) is 9.45. The molecule has 1 heterocycles. The van der Waals surface area contributed by atoms with E-state index in [1.807, 2.05) is 25.1 Å². The van der Waals surface area contributed by atoms with Crippen LogP contribution in [0, 0.1) is 17.9 Å². The molecule has 4 heteroatoms. The largest absolute Gasteiger partial charge is 0.462 e. The zero-order valence-corrected chi connectivity index (χ0v) is 22.6. The molecule has 4 aromatic rings. The average molecular weight is 520 g/mol. The molecule has 0 N–H and O–H groups in total. The highest BCUT2D eigenvalue weighted by atomic mass is 16.5. The Labute approximate surface area is 235 Å². The molecule has 0 aromatic heterocycles. The first-order chi connectivity index (χ1) is 19.6. The van der Waals surface area contributed by atoms with Crippen molar-refractivity contribution in [2.45, 2.75) is 26.7 Å². The first-order valence-corrected chi connectivity index (χ1v) is 13.3. The molecular weight excluding hydrogens is 490 g/mol. The standard InChI is InChI=1S/C36H29N3O/c1-4-8-27-13-18-31(19-14-27)39(36-12-7-10-29-9-5-6-11-34(29)36)32-20-15-28(16-21-32)17-22-33-24-30(23-26(2)40-33)35(25-37)38-3/h5-7,9-24H,4,8H2,1-2H3/b22-17+,35-30-. The summed E-state index contributed by atoms with van der Waals surface area (Å²) >= 11 is 0. The quantitative estimate of drug-likeness (QED) is 0.180. The molecule has 0 spiro atoms. The van der Waals surface area contributed by atoms with E-state index < -0.39 is 0 Å². The predicted molar refractivity (Wildman–Crippen MR) is 164 cm³/mol. The molecule has 4 nitrogen and oxygen atoms in total. The molecule has 1 aliphatic rings. The average Bonchev–Trinajstić information content (AvgIpc) is 2.98. The van der Waals surface area contributed by atoms with E-state index in [1.165, 1.54) is 16.3 Å². The van der Waals surface area contributed by atoms with E-state index in [2.05, 4.69) is 108 Å². The van der Waals surface area contributed by atoms with Gasteiger partial charge in [0.05, 0.1) is 18.3 Å². The summed E-state index contributed by atoms with van der Waals surface area (Å²) in [4.78, 5) is 5.62. The van der Waals surface area contributed by atoms with Gasteiger partial charge in [0.25, 0.3) is 5.70 Å². The van der Waals surface area contributed by atoms with Crippen LogP contribution in [0.15, 0.2) is 132 Å². The Hall–Kier alpha value is -5.32. The Morgan fingerprint density at radius 2 is 1.60 bits per heavy atom. The van der Waals surface area contributed by atoms with Crippen LogP contribution in [0.1, 0.15) is 31.4 Å². The second-order valence-corrected chi connectivity index (χ2v) is 9.61. The number of rotatable bonds is 7. The number of allylic oxidation sites excluding steroid dienone is 6. The maximum Gasteiger partial charge on any atom is 0.269 e. The highest BCUT2D eigenvalue weighted by Crippen LogP contribution is 2.39. The van der Waals surface area contributed by atoms with Crippen LogP contribution >= 0.6 is 0 Å². The number of nitriles is 1. The molecule has 0 unspecified atom stereocenters. The number of ether oxygens (including phenoxy) is 1. The molecule has 0 amide bonds. The monoisotopic (exact) mass is 519 g/mol. The van der Waals surface area contributed by atoms with Gasteiger partial charge in [-0.25, -0.2) is 10.1 Å². The van der Waals surface area contributed by atoms with Crippen LogP contribution in [-0.2, 0) is 11.2 Å². The van der Waals surface area contributed by atoms with Crippen LogP contribution in [0.3, 0.4) is 0 Å². The van der Waals surface area contributed by atoms with Crippen molar-refractivity contribution in [3.63, 3.8) is 0 Å². The van der Waals surface area contributed by atoms with E-state index in [9.17, 15) is 5.26 Å². The van der Waals surface area contributed by atoms with Crippen molar-refractivity contribution in [2.75, 3.05) is 4.90 Å². The van der Waals surface area contributed by atoms with Gasteiger partial charge >= 0.3 is 0 Å². The van der Waals surface area contributed by atoms with Crippen molar-refractivity contribution in [3.05, 3.63) is 155 Å². The fraction of sp³-hybridized carbons (Fsp3) is 0.111. The highest BCUT2D eigenvalue weighted by Gasteiger charge is 2.15. The van der Waals surface area contributed by atoms with E-state index in [-0.39, 0.29) is 5.70 Å². The normalized spacial score (nSPS) is 14.1. The second kappa shape index (κ2) is 12.0. The summed E-state index contributed by atoms with van der Waals surface area (Å²) < 4.78 is 5.80. The van der Waals surface area contributed by atoms with Gasteiger partial charge in [-0.3, -0.25) is 0 Å². The number of nitrogens with zero attached hydrogens (tertiary/aromatic N) is 3. The predicted octanol–water partition coefficient (Wildman–Crippen LogP) is 9.79. The highest BCUT2D eigenvalue weighted by molar-refractivity contribution is 5.98. The molecule has 0 bridgehead atoms. The molecule has 0 fully saturated rings. The first-order valence-electron chi connectivity index (χ1n) is 13.3. The van der Waals surface area contributed by atoms with E-state index in [0.29, 0.717) is 17.1 Å². The van der Waals surface area contributed by atoms with Crippen LogP contribution in [0.2, 0.25) is 0 Å². The third-order valence-electron chi connectivity index (χ3n) is 6.76. The minimum Gasteiger partial charge on any atom is -0.462 e. The minimum absolute atomic E-state index is 0.0501. The van der Waals surface area contributed by atoms with Gasteiger partial charge in [-0.1, -0.05) is 80.1 Å². The SMILES string of the molecule is [C-]#[N+]/C(C#N)=C1/C=C(C)OC(/C=C/c2ccc(N(c3ccc(CCC)cc3)c3cccc4ccccc34)cc2)=C1. The summed E-state index contributed by atoms with van der Waals surface area (Å²) in [5.74, 6) is 1.22. The first kappa shape index (κ1) is 26.3. The molecule has 0 saturated heterocycles. The van der Waals surface area contributed by atoms with Crippen molar-refractivity contribution < 1.29 is 4.74 Å². The van der Waals surface area contributed by atoms with Crippen molar-refractivity contribution in [2.24, 2.45) is 0 Å².